The van der Waals surface area contributed by atoms with Crippen LogP contribution >= 0.6 is 11.6 Å². The van der Waals surface area contributed by atoms with Crippen LogP contribution in [0.4, 0.5) is 0 Å². The summed E-state index contributed by atoms with van der Waals surface area (Å²) in [4.78, 5) is 35.7. The number of ketones is 1. The highest BCUT2D eigenvalue weighted by atomic mass is 35.5. The monoisotopic (exact) mass is 342 g/mol. The molecule has 1 aromatic heterocycles. The first-order valence-electron chi connectivity index (χ1n) is 7.14. The minimum atomic E-state index is -1.16. The number of carbonyl (C=O) groups excluding carboxylic acids is 1. The Bertz CT molecular complexity index is 985. The minimum absolute atomic E-state index is 0.178. The molecule has 6 nitrogen and oxygen atoms in total. The second-order valence-electron chi connectivity index (χ2n) is 5.42. The fraction of sp³-hybridized carbons (Fsp3) is 0.176. The molecule has 0 amide bonds. The van der Waals surface area contributed by atoms with Crippen LogP contribution in [-0.2, 0) is 17.8 Å². The number of carboxylic acid groups (broad SMARTS) is 1. The Balaban J connectivity index is 2.35. The topological polar surface area (TPSA) is 100 Å². The maximum atomic E-state index is 12.4. The van der Waals surface area contributed by atoms with E-state index in [-0.39, 0.29) is 17.8 Å². The first-order chi connectivity index (χ1) is 11.4. The van der Waals surface area contributed by atoms with Gasteiger partial charge in [-0.05, 0) is 24.6 Å². The lowest BCUT2D eigenvalue weighted by Crippen LogP contribution is -2.27. The largest absolute Gasteiger partial charge is 0.480 e. The van der Waals surface area contributed by atoms with E-state index in [2.05, 4.69) is 0 Å². The maximum Gasteiger partial charge on any atom is 0.323 e. The van der Waals surface area contributed by atoms with Gasteiger partial charge >= 0.3 is 5.97 Å². The lowest BCUT2D eigenvalue weighted by atomic mass is 9.95. The molecule has 0 spiro atoms. The van der Waals surface area contributed by atoms with Crippen LogP contribution in [0.1, 0.15) is 28.0 Å². The van der Waals surface area contributed by atoms with Gasteiger partial charge in [0.05, 0.1) is 11.6 Å². The van der Waals surface area contributed by atoms with E-state index in [1.807, 2.05) is 6.07 Å². The van der Waals surface area contributed by atoms with Crippen molar-refractivity contribution >= 4 is 23.4 Å². The van der Waals surface area contributed by atoms with Crippen LogP contribution in [0.2, 0.25) is 5.02 Å². The van der Waals surface area contributed by atoms with Gasteiger partial charge < -0.3 is 9.67 Å². The summed E-state index contributed by atoms with van der Waals surface area (Å²) in [6.45, 7) is -0.505. The van der Waals surface area contributed by atoms with Crippen molar-refractivity contribution in [1.29, 1.82) is 5.26 Å². The molecule has 24 heavy (non-hydrogen) atoms. The highest BCUT2D eigenvalue weighted by Gasteiger charge is 2.29. The molecule has 2 aromatic rings. The lowest BCUT2D eigenvalue weighted by molar-refractivity contribution is -0.137. The smallest absolute Gasteiger partial charge is 0.323 e. The Labute approximate surface area is 141 Å². The van der Waals surface area contributed by atoms with Crippen LogP contribution in [0.25, 0.3) is 11.1 Å². The van der Waals surface area contributed by atoms with Gasteiger partial charge in [0.1, 0.15) is 6.54 Å². The van der Waals surface area contributed by atoms with Gasteiger partial charge in [0.25, 0.3) is 5.56 Å². The number of Topliss-reactive ketones (excluding diaryl/α,β-unsaturated/α-hetero) is 1. The van der Waals surface area contributed by atoms with Gasteiger partial charge in [-0.2, -0.15) is 5.26 Å². The van der Waals surface area contributed by atoms with Crippen LogP contribution in [0.3, 0.4) is 0 Å². The fourth-order valence-corrected chi connectivity index (χ4v) is 3.15. The molecule has 1 aliphatic carbocycles. The SMILES string of the molecule is N#Cc1ccc(Cl)cc1-c1cc(=O)n(CC(=O)O)c2c1C(=O)CC2. The summed E-state index contributed by atoms with van der Waals surface area (Å²) in [7, 11) is 0. The van der Waals surface area contributed by atoms with E-state index in [9.17, 15) is 19.6 Å². The van der Waals surface area contributed by atoms with Crippen molar-refractivity contribution in [2.45, 2.75) is 19.4 Å². The number of nitriles is 1. The summed E-state index contributed by atoms with van der Waals surface area (Å²) in [5, 5.41) is 18.7. The molecule has 0 bridgehead atoms. The molecule has 120 valence electrons. The molecule has 0 fully saturated rings. The second kappa shape index (κ2) is 5.95. The van der Waals surface area contributed by atoms with Gasteiger partial charge in [-0.25, -0.2) is 0 Å². The molecule has 0 unspecified atom stereocenters. The zero-order valence-corrected chi connectivity index (χ0v) is 13.1. The van der Waals surface area contributed by atoms with Gasteiger partial charge in [0.2, 0.25) is 0 Å². The summed E-state index contributed by atoms with van der Waals surface area (Å²) in [6, 6.07) is 7.83. The average Bonchev–Trinajstić information content (AvgIpc) is 2.91. The van der Waals surface area contributed by atoms with Crippen LogP contribution in [0, 0.1) is 11.3 Å². The van der Waals surface area contributed by atoms with Crippen LogP contribution in [-0.4, -0.2) is 21.4 Å². The number of hydrogen-bond acceptors (Lipinski definition) is 4. The number of aliphatic carboxylic acids is 1. The van der Waals surface area contributed by atoms with Crippen LogP contribution in [0.5, 0.6) is 0 Å². The molecule has 3 rings (SSSR count). The van der Waals surface area contributed by atoms with Gasteiger partial charge in [-0.3, -0.25) is 14.4 Å². The molecule has 1 aromatic carbocycles. The van der Waals surface area contributed by atoms with E-state index in [4.69, 9.17) is 16.7 Å². The van der Waals surface area contributed by atoms with Crippen molar-refractivity contribution in [3.63, 3.8) is 0 Å². The molecule has 0 aliphatic heterocycles. The lowest BCUT2D eigenvalue weighted by Gasteiger charge is -2.14. The highest BCUT2D eigenvalue weighted by molar-refractivity contribution is 6.31. The first kappa shape index (κ1) is 16.0. The van der Waals surface area contributed by atoms with Crippen molar-refractivity contribution in [3.05, 3.63) is 56.5 Å². The predicted octanol–water partition coefficient (Wildman–Crippen LogP) is 2.25. The Morgan fingerprint density at radius 1 is 1.25 bits per heavy atom. The number of pyridine rings is 1. The van der Waals surface area contributed by atoms with Crippen molar-refractivity contribution in [2.75, 3.05) is 0 Å². The molecule has 0 radical (unpaired) electrons. The van der Waals surface area contributed by atoms with E-state index in [0.717, 1.165) is 4.57 Å². The van der Waals surface area contributed by atoms with Crippen molar-refractivity contribution < 1.29 is 14.7 Å². The van der Waals surface area contributed by atoms with Gasteiger partial charge in [0, 0.05) is 39.9 Å². The van der Waals surface area contributed by atoms with E-state index < -0.39 is 18.1 Å². The highest BCUT2D eigenvalue weighted by Crippen LogP contribution is 2.34. The number of halogens is 1. The minimum Gasteiger partial charge on any atom is -0.480 e. The van der Waals surface area contributed by atoms with Crippen molar-refractivity contribution in [2.24, 2.45) is 0 Å². The first-order valence-corrected chi connectivity index (χ1v) is 7.52. The number of hydrogen-bond donors (Lipinski definition) is 1. The number of benzene rings is 1. The zero-order valence-electron chi connectivity index (χ0n) is 12.4. The summed E-state index contributed by atoms with van der Waals surface area (Å²) < 4.78 is 1.10. The van der Waals surface area contributed by atoms with Gasteiger partial charge in [-0.15, -0.1) is 0 Å². The number of carboxylic acids is 1. The van der Waals surface area contributed by atoms with E-state index in [1.165, 1.54) is 18.2 Å². The third kappa shape index (κ3) is 2.59. The quantitative estimate of drug-likeness (QED) is 0.922. The molecular formula is C17H11ClN2O4. The Morgan fingerprint density at radius 3 is 2.67 bits per heavy atom. The molecule has 1 aliphatic rings. The predicted molar refractivity (Wildman–Crippen MR) is 86.2 cm³/mol. The number of aromatic nitrogens is 1. The summed E-state index contributed by atoms with van der Waals surface area (Å²) in [5.41, 5.74) is 1.19. The molecular weight excluding hydrogens is 332 g/mol. The maximum absolute atomic E-state index is 12.4. The molecule has 7 heteroatoms. The number of carbonyl (C=O) groups is 2. The number of fused-ring (bicyclic) bond motifs is 1. The molecule has 0 saturated heterocycles. The third-order valence-electron chi connectivity index (χ3n) is 3.97. The van der Waals surface area contributed by atoms with Gasteiger partial charge in [-0.1, -0.05) is 11.6 Å². The molecule has 1 N–H and O–H groups in total. The normalized spacial score (nSPS) is 12.8. The van der Waals surface area contributed by atoms with Crippen molar-refractivity contribution in [1.82, 2.24) is 4.57 Å². The standard InChI is InChI=1S/C17H11ClN2O4/c18-10-2-1-9(7-19)11(5-10)12-6-15(22)20(8-16(23)24)13-3-4-14(21)17(12)13/h1-2,5-6H,3-4,8H2,(H,23,24). The fourth-order valence-electron chi connectivity index (χ4n) is 2.98. The summed E-state index contributed by atoms with van der Waals surface area (Å²) in [5.74, 6) is -1.34. The Kier molecular flexibility index (Phi) is 3.96. The van der Waals surface area contributed by atoms with Gasteiger partial charge in [0.15, 0.2) is 5.78 Å². The molecule has 0 atom stereocenters. The average molecular weight is 343 g/mol. The molecule has 1 heterocycles. The third-order valence-corrected chi connectivity index (χ3v) is 4.21. The van der Waals surface area contributed by atoms with Crippen LogP contribution < -0.4 is 5.56 Å². The summed E-state index contributed by atoms with van der Waals surface area (Å²) >= 11 is 6.00. The second-order valence-corrected chi connectivity index (χ2v) is 5.86. The van der Waals surface area contributed by atoms with Crippen LogP contribution in [0.15, 0.2) is 29.1 Å². The zero-order chi connectivity index (χ0) is 17.4. The number of rotatable bonds is 3. The molecule has 0 saturated carbocycles. The Hall–Kier alpha value is -2.91. The van der Waals surface area contributed by atoms with E-state index in [1.54, 1.807) is 6.07 Å². The van der Waals surface area contributed by atoms with Crippen molar-refractivity contribution in [3.8, 4) is 17.2 Å². The van der Waals surface area contributed by atoms with E-state index in [0.29, 0.717) is 33.8 Å². The van der Waals surface area contributed by atoms with E-state index >= 15 is 0 Å². The summed E-state index contributed by atoms with van der Waals surface area (Å²) in [6.07, 6.45) is 0.501. The number of nitrogens with zero attached hydrogens (tertiary/aromatic N) is 2. The Morgan fingerprint density at radius 2 is 2.00 bits per heavy atom.